The molecule has 1 aliphatic rings. The van der Waals surface area contributed by atoms with Gasteiger partial charge in [-0.1, -0.05) is 28.1 Å². The van der Waals surface area contributed by atoms with E-state index in [1.165, 1.54) is 30.0 Å². The molecule has 4 nitrogen and oxygen atoms in total. The second-order valence-electron chi connectivity index (χ2n) is 5.98. The molecule has 0 fully saturated rings. The summed E-state index contributed by atoms with van der Waals surface area (Å²) in [5.74, 6) is 2.02. The van der Waals surface area contributed by atoms with E-state index in [1.54, 1.807) is 0 Å². The molecular weight excluding hydrogens is 459 g/mol. The predicted molar refractivity (Wildman–Crippen MR) is 106 cm³/mol. The Bertz CT molecular complexity index is 861. The molecule has 1 heterocycles. The number of thioether (sulfide) groups is 1. The van der Waals surface area contributed by atoms with Crippen molar-refractivity contribution in [1.82, 2.24) is 0 Å². The minimum absolute atomic E-state index is 0.110. The number of para-hydroxylation sites is 1. The van der Waals surface area contributed by atoms with Crippen LogP contribution < -0.4 is 14.8 Å². The van der Waals surface area contributed by atoms with Crippen molar-refractivity contribution < 1.29 is 27.4 Å². The lowest BCUT2D eigenvalue weighted by Gasteiger charge is -2.19. The second-order valence-corrected chi connectivity index (χ2v) is 7.94. The van der Waals surface area contributed by atoms with E-state index < -0.39 is 17.6 Å². The molecule has 2 aromatic carbocycles. The molecule has 0 spiro atoms. The summed E-state index contributed by atoms with van der Waals surface area (Å²) in [5, 5.41) is 2.35. The number of hydrogen-bond acceptors (Lipinski definition) is 4. The topological polar surface area (TPSA) is 47.6 Å². The molecule has 0 saturated carbocycles. The number of carbonyl (C=O) groups excluding carboxylic acids is 1. The maximum absolute atomic E-state index is 13.0. The van der Waals surface area contributed by atoms with Crippen molar-refractivity contribution in [1.29, 1.82) is 0 Å². The van der Waals surface area contributed by atoms with Crippen LogP contribution in [0.25, 0.3) is 0 Å². The minimum atomic E-state index is -4.51. The van der Waals surface area contributed by atoms with E-state index in [0.29, 0.717) is 36.2 Å². The monoisotopic (exact) mass is 475 g/mol. The molecule has 1 amide bonds. The van der Waals surface area contributed by atoms with Crippen LogP contribution in [0.2, 0.25) is 0 Å². The minimum Gasteiger partial charge on any atom is -0.486 e. The number of fused-ring (bicyclic) bond motifs is 1. The van der Waals surface area contributed by atoms with Crippen LogP contribution in [0.3, 0.4) is 0 Å². The van der Waals surface area contributed by atoms with E-state index in [0.717, 1.165) is 16.1 Å². The van der Waals surface area contributed by atoms with Gasteiger partial charge >= 0.3 is 6.18 Å². The van der Waals surface area contributed by atoms with Crippen LogP contribution in [0.1, 0.15) is 17.5 Å². The molecule has 1 aliphatic heterocycles. The fourth-order valence-corrected chi connectivity index (χ4v) is 4.20. The quantitative estimate of drug-likeness (QED) is 0.560. The lowest BCUT2D eigenvalue weighted by Crippen LogP contribution is -2.17. The van der Waals surface area contributed by atoms with Gasteiger partial charge in [-0.2, -0.15) is 24.9 Å². The van der Waals surface area contributed by atoms with Gasteiger partial charge in [0.15, 0.2) is 11.5 Å². The van der Waals surface area contributed by atoms with Crippen LogP contribution in [0.4, 0.5) is 18.9 Å². The van der Waals surface area contributed by atoms with Gasteiger partial charge in [0.05, 0.1) is 11.3 Å². The molecule has 0 unspecified atom stereocenters. The third kappa shape index (κ3) is 5.35. The lowest BCUT2D eigenvalue weighted by molar-refractivity contribution is -0.137. The largest absolute Gasteiger partial charge is 0.486 e. The zero-order chi connectivity index (χ0) is 20.1. The second kappa shape index (κ2) is 9.09. The average molecular weight is 476 g/mol. The van der Waals surface area contributed by atoms with Crippen molar-refractivity contribution in [3.05, 3.63) is 52.0 Å². The number of benzene rings is 2. The Kier molecular flexibility index (Phi) is 6.77. The molecule has 2 aromatic rings. The van der Waals surface area contributed by atoms with Gasteiger partial charge in [0.1, 0.15) is 13.2 Å². The van der Waals surface area contributed by atoms with E-state index >= 15 is 0 Å². The Balaban J connectivity index is 1.50. The summed E-state index contributed by atoms with van der Waals surface area (Å²) in [4.78, 5) is 12.0. The predicted octanol–water partition coefficient (Wildman–Crippen LogP) is 5.50. The van der Waals surface area contributed by atoms with Gasteiger partial charge in [-0.25, -0.2) is 0 Å². The van der Waals surface area contributed by atoms with Gasteiger partial charge in [0, 0.05) is 22.4 Å². The first-order valence-electron chi connectivity index (χ1n) is 8.46. The molecule has 0 aromatic heterocycles. The van der Waals surface area contributed by atoms with Gasteiger partial charge in [0.2, 0.25) is 5.91 Å². The van der Waals surface area contributed by atoms with Gasteiger partial charge in [-0.05, 0) is 29.8 Å². The summed E-state index contributed by atoms with van der Waals surface area (Å²) in [6.45, 7) is 1.01. The third-order valence-corrected chi connectivity index (χ3v) is 5.69. The van der Waals surface area contributed by atoms with Crippen LogP contribution in [0.5, 0.6) is 11.5 Å². The van der Waals surface area contributed by atoms with Crippen LogP contribution in [0, 0.1) is 0 Å². The molecular formula is C19H17BrF3NO3S. The number of amides is 1. The maximum Gasteiger partial charge on any atom is 0.418 e. The summed E-state index contributed by atoms with van der Waals surface area (Å²) in [7, 11) is 0. The summed E-state index contributed by atoms with van der Waals surface area (Å²) < 4.78 is 50.9. The van der Waals surface area contributed by atoms with Crippen molar-refractivity contribution in [3.8, 4) is 11.5 Å². The molecule has 0 atom stereocenters. The first-order chi connectivity index (χ1) is 13.3. The van der Waals surface area contributed by atoms with Crippen molar-refractivity contribution in [2.45, 2.75) is 18.3 Å². The highest BCUT2D eigenvalue weighted by Crippen LogP contribution is 2.37. The molecule has 28 heavy (non-hydrogen) atoms. The van der Waals surface area contributed by atoms with Gasteiger partial charge in [-0.3, -0.25) is 4.79 Å². The molecule has 0 bridgehead atoms. The number of alkyl halides is 3. The molecule has 1 N–H and O–H groups in total. The Labute approximate surface area is 172 Å². The summed E-state index contributed by atoms with van der Waals surface area (Å²) in [6, 6.07) is 8.69. The number of carbonyl (C=O) groups is 1. The zero-order valence-electron chi connectivity index (χ0n) is 14.6. The Hall–Kier alpha value is -1.87. The number of anilines is 1. The average Bonchev–Trinajstić information content (AvgIpc) is 2.65. The van der Waals surface area contributed by atoms with Crippen LogP contribution in [-0.4, -0.2) is 24.9 Å². The molecule has 0 saturated heterocycles. The van der Waals surface area contributed by atoms with Crippen molar-refractivity contribution in [2.75, 3.05) is 24.3 Å². The highest BCUT2D eigenvalue weighted by Gasteiger charge is 2.33. The fraction of sp³-hybridized carbons (Fsp3) is 0.316. The van der Waals surface area contributed by atoms with Gasteiger partial charge < -0.3 is 14.8 Å². The number of hydrogen-bond donors (Lipinski definition) is 1. The Morgan fingerprint density at radius 2 is 1.82 bits per heavy atom. The normalized spacial score (nSPS) is 13.3. The molecule has 9 heteroatoms. The third-order valence-electron chi connectivity index (χ3n) is 3.95. The van der Waals surface area contributed by atoms with Crippen molar-refractivity contribution in [2.24, 2.45) is 0 Å². The standard InChI is InChI=1S/C19H17BrF3NO3S/c20-14-10-17-16(26-6-7-27-17)9-12(14)11-28-8-5-18(25)24-15-4-2-1-3-13(15)19(21,22)23/h1-4,9-10H,5-8,11H2,(H,24,25). The van der Waals surface area contributed by atoms with Gasteiger partial charge in [0.25, 0.3) is 0 Å². The first kappa shape index (κ1) is 20.9. The Morgan fingerprint density at radius 1 is 1.14 bits per heavy atom. The van der Waals surface area contributed by atoms with E-state index in [4.69, 9.17) is 9.47 Å². The molecule has 0 radical (unpaired) electrons. The molecule has 150 valence electrons. The highest BCUT2D eigenvalue weighted by atomic mass is 79.9. The lowest BCUT2D eigenvalue weighted by atomic mass is 10.1. The smallest absolute Gasteiger partial charge is 0.418 e. The number of ether oxygens (including phenoxy) is 2. The highest BCUT2D eigenvalue weighted by molar-refractivity contribution is 9.10. The number of nitrogens with one attached hydrogen (secondary N) is 1. The van der Waals surface area contributed by atoms with Crippen LogP contribution in [-0.2, 0) is 16.7 Å². The fourth-order valence-electron chi connectivity index (χ4n) is 2.62. The van der Waals surface area contributed by atoms with E-state index in [9.17, 15) is 18.0 Å². The zero-order valence-corrected chi connectivity index (χ0v) is 17.0. The molecule has 3 rings (SSSR count). The SMILES string of the molecule is O=C(CCSCc1cc2c(cc1Br)OCCO2)Nc1ccccc1C(F)(F)F. The Morgan fingerprint density at radius 3 is 2.54 bits per heavy atom. The first-order valence-corrected chi connectivity index (χ1v) is 10.4. The number of halogens is 4. The summed E-state index contributed by atoms with van der Waals surface area (Å²) >= 11 is 5.00. The van der Waals surface area contributed by atoms with E-state index in [1.807, 2.05) is 12.1 Å². The maximum atomic E-state index is 13.0. The van der Waals surface area contributed by atoms with Gasteiger partial charge in [-0.15, -0.1) is 0 Å². The number of rotatable bonds is 6. The summed E-state index contributed by atoms with van der Waals surface area (Å²) in [6.07, 6.45) is -4.40. The van der Waals surface area contributed by atoms with E-state index in [-0.39, 0.29) is 12.1 Å². The van der Waals surface area contributed by atoms with Crippen LogP contribution in [0.15, 0.2) is 40.9 Å². The summed E-state index contributed by atoms with van der Waals surface area (Å²) in [5.41, 5.74) is -0.0760. The van der Waals surface area contributed by atoms with Crippen LogP contribution >= 0.6 is 27.7 Å². The van der Waals surface area contributed by atoms with Crippen molar-refractivity contribution >= 4 is 39.3 Å². The van der Waals surface area contributed by atoms with Crippen molar-refractivity contribution in [3.63, 3.8) is 0 Å². The molecule has 0 aliphatic carbocycles. The van der Waals surface area contributed by atoms with E-state index in [2.05, 4.69) is 21.2 Å².